The molecule has 1 aromatic carbocycles. The number of aliphatic carboxylic acids is 1. The van der Waals surface area contributed by atoms with Crippen LogP contribution in [0, 0.1) is 11.8 Å². The number of benzene rings is 1. The third kappa shape index (κ3) is 5.80. The van der Waals surface area contributed by atoms with E-state index in [1.54, 1.807) is 6.08 Å². The fourth-order valence-electron chi connectivity index (χ4n) is 4.07. The number of allylic oxidation sites excluding steroid dienone is 2. The molecule has 0 radical (unpaired) electrons. The number of unbranched alkanes of at least 4 members (excludes halogenated alkanes) is 1. The van der Waals surface area contributed by atoms with E-state index in [0.29, 0.717) is 18.1 Å². The van der Waals surface area contributed by atoms with Gasteiger partial charge in [-0.15, -0.1) is 0 Å². The van der Waals surface area contributed by atoms with E-state index in [1.165, 1.54) is 0 Å². The minimum atomic E-state index is -0.749. The highest BCUT2D eigenvalue weighted by Crippen LogP contribution is 2.45. The highest BCUT2D eigenvalue weighted by Gasteiger charge is 2.46. The van der Waals surface area contributed by atoms with Crippen LogP contribution in [0.4, 0.5) is 0 Å². The van der Waals surface area contributed by atoms with Gasteiger partial charge in [0, 0.05) is 12.3 Å². The molecule has 0 unspecified atom stereocenters. The van der Waals surface area contributed by atoms with Crippen molar-refractivity contribution < 1.29 is 24.2 Å². The summed E-state index contributed by atoms with van der Waals surface area (Å²) < 4.78 is 11.6. The second kappa shape index (κ2) is 10.2. The summed E-state index contributed by atoms with van der Waals surface area (Å²) in [7, 11) is 0. The summed E-state index contributed by atoms with van der Waals surface area (Å²) in [5, 5.41) is 8.67. The summed E-state index contributed by atoms with van der Waals surface area (Å²) in [5.41, 5.74) is 0. The van der Waals surface area contributed by atoms with Crippen LogP contribution in [0.25, 0.3) is 0 Å². The normalized spacial score (nSPS) is 26.3. The third-order valence-electron chi connectivity index (χ3n) is 5.45. The Kier molecular flexibility index (Phi) is 7.43. The maximum absolute atomic E-state index is 12.2. The fraction of sp³-hybridized carbons (Fsp3) is 0.478. The number of carbonyl (C=O) groups excluding carboxylic acids is 1. The first-order valence-electron chi connectivity index (χ1n) is 10.0. The predicted molar refractivity (Wildman–Crippen MR) is 106 cm³/mol. The Balaban J connectivity index is 1.47. The molecular weight excluding hydrogens is 356 g/mol. The topological polar surface area (TPSA) is 72.8 Å². The molecule has 1 N–H and O–H groups in total. The average Bonchev–Trinajstić information content (AvgIpc) is 3.30. The molecule has 2 aliphatic heterocycles. The zero-order chi connectivity index (χ0) is 19.8. The van der Waals surface area contributed by atoms with Gasteiger partial charge in [0.15, 0.2) is 12.4 Å². The van der Waals surface area contributed by atoms with Gasteiger partial charge in [0.05, 0.1) is 12.2 Å². The van der Waals surface area contributed by atoms with E-state index in [4.69, 9.17) is 14.6 Å². The Morgan fingerprint density at radius 1 is 1.14 bits per heavy atom. The van der Waals surface area contributed by atoms with Crippen molar-refractivity contribution in [2.45, 2.75) is 50.7 Å². The molecule has 150 valence electrons. The lowest BCUT2D eigenvalue weighted by atomic mass is 9.77. The van der Waals surface area contributed by atoms with E-state index in [1.807, 2.05) is 36.4 Å². The molecule has 0 amide bonds. The minimum Gasteiger partial charge on any atom is -0.485 e. The van der Waals surface area contributed by atoms with Crippen molar-refractivity contribution in [1.29, 1.82) is 0 Å². The van der Waals surface area contributed by atoms with E-state index in [9.17, 15) is 9.59 Å². The number of para-hydroxylation sites is 1. The number of hydrogen-bond acceptors (Lipinski definition) is 4. The van der Waals surface area contributed by atoms with E-state index >= 15 is 0 Å². The number of fused-ring (bicyclic) bond motifs is 2. The highest BCUT2D eigenvalue weighted by molar-refractivity contribution is 5.91. The highest BCUT2D eigenvalue weighted by atomic mass is 16.5. The molecule has 28 heavy (non-hydrogen) atoms. The Morgan fingerprint density at radius 2 is 1.93 bits per heavy atom. The summed E-state index contributed by atoms with van der Waals surface area (Å²) in [5.74, 6) is 0.533. The quantitative estimate of drug-likeness (QED) is 0.352. The first-order chi connectivity index (χ1) is 13.6. The summed E-state index contributed by atoms with van der Waals surface area (Å²) in [6.45, 7) is 0.0380. The molecule has 2 heterocycles. The minimum absolute atomic E-state index is 0.0380. The number of carbonyl (C=O) groups is 2. The average molecular weight is 384 g/mol. The number of carboxylic acid groups (broad SMARTS) is 1. The van der Waals surface area contributed by atoms with Crippen LogP contribution >= 0.6 is 0 Å². The van der Waals surface area contributed by atoms with Gasteiger partial charge in [-0.3, -0.25) is 9.59 Å². The van der Waals surface area contributed by atoms with Crippen LogP contribution in [0.15, 0.2) is 54.6 Å². The standard InChI is InChI=1S/C23H28O5/c24-17(16-27-18-8-4-3-5-9-18)12-13-20-19(21-14-15-22(20)28-21)10-6-1-2-7-11-23(25)26/h1,3-6,8-9,12-13,19-22H,2,7,10-11,14-16H2,(H,25,26)/b6-1-,13-12+/t19-,20+,21-,22+/m1/s1. The van der Waals surface area contributed by atoms with E-state index < -0.39 is 5.97 Å². The second-order valence-corrected chi connectivity index (χ2v) is 7.45. The molecule has 5 nitrogen and oxygen atoms in total. The summed E-state index contributed by atoms with van der Waals surface area (Å²) in [6, 6.07) is 9.33. The Hall–Kier alpha value is -2.40. The van der Waals surface area contributed by atoms with Crippen LogP contribution in [0.2, 0.25) is 0 Å². The maximum atomic E-state index is 12.2. The molecule has 1 aromatic rings. The molecule has 0 aromatic heterocycles. The summed E-state index contributed by atoms with van der Waals surface area (Å²) in [4.78, 5) is 22.7. The van der Waals surface area contributed by atoms with E-state index in [0.717, 1.165) is 25.7 Å². The largest absolute Gasteiger partial charge is 0.485 e. The molecule has 2 fully saturated rings. The van der Waals surface area contributed by atoms with Gasteiger partial charge in [-0.1, -0.05) is 36.4 Å². The molecule has 2 bridgehead atoms. The lowest BCUT2D eigenvalue weighted by molar-refractivity contribution is -0.137. The number of carboxylic acids is 1. The molecular formula is C23H28O5. The number of rotatable bonds is 11. The number of ether oxygens (including phenoxy) is 2. The molecule has 5 heteroatoms. The van der Waals surface area contributed by atoms with Gasteiger partial charge in [-0.25, -0.2) is 0 Å². The molecule has 0 saturated carbocycles. The lowest BCUT2D eigenvalue weighted by Gasteiger charge is -2.24. The Bertz CT molecular complexity index is 709. The van der Waals surface area contributed by atoms with Crippen LogP contribution in [0.5, 0.6) is 5.75 Å². The van der Waals surface area contributed by atoms with Crippen LogP contribution in [0.1, 0.15) is 38.5 Å². The lowest BCUT2D eigenvalue weighted by Crippen LogP contribution is -2.25. The zero-order valence-electron chi connectivity index (χ0n) is 16.0. The van der Waals surface area contributed by atoms with Gasteiger partial charge in [0.1, 0.15) is 5.75 Å². The van der Waals surface area contributed by atoms with Crippen molar-refractivity contribution in [2.75, 3.05) is 6.61 Å². The van der Waals surface area contributed by atoms with Gasteiger partial charge in [0.25, 0.3) is 0 Å². The monoisotopic (exact) mass is 384 g/mol. The first-order valence-corrected chi connectivity index (χ1v) is 10.0. The van der Waals surface area contributed by atoms with Crippen molar-refractivity contribution >= 4 is 11.8 Å². The summed E-state index contributed by atoms with van der Waals surface area (Å²) >= 11 is 0. The number of hydrogen-bond donors (Lipinski definition) is 1. The van der Waals surface area contributed by atoms with Crippen LogP contribution in [0.3, 0.4) is 0 Å². The van der Waals surface area contributed by atoms with Gasteiger partial charge in [-0.2, -0.15) is 0 Å². The van der Waals surface area contributed by atoms with Gasteiger partial charge in [-0.05, 0) is 56.2 Å². The van der Waals surface area contributed by atoms with E-state index in [-0.39, 0.29) is 36.9 Å². The Morgan fingerprint density at radius 3 is 2.71 bits per heavy atom. The van der Waals surface area contributed by atoms with Crippen molar-refractivity contribution in [3.8, 4) is 5.75 Å². The Labute approximate surface area is 166 Å². The fourth-order valence-corrected chi connectivity index (χ4v) is 4.07. The second-order valence-electron chi connectivity index (χ2n) is 7.45. The molecule has 2 saturated heterocycles. The first kappa shape index (κ1) is 20.3. The molecule has 2 aliphatic rings. The van der Waals surface area contributed by atoms with E-state index in [2.05, 4.69) is 12.2 Å². The van der Waals surface area contributed by atoms with Crippen LogP contribution < -0.4 is 4.74 Å². The maximum Gasteiger partial charge on any atom is 0.303 e. The third-order valence-corrected chi connectivity index (χ3v) is 5.45. The zero-order valence-corrected chi connectivity index (χ0v) is 16.0. The van der Waals surface area contributed by atoms with Crippen LogP contribution in [-0.2, 0) is 14.3 Å². The van der Waals surface area contributed by atoms with Gasteiger partial charge >= 0.3 is 5.97 Å². The SMILES string of the molecule is O=C(O)CCC/C=C\C[C@@H]1[C@H](/C=C/C(=O)COc2ccccc2)[C@@H]2CC[C@H]1O2. The van der Waals surface area contributed by atoms with Crippen LogP contribution in [-0.4, -0.2) is 35.7 Å². The molecule has 0 aliphatic carbocycles. The van der Waals surface area contributed by atoms with Gasteiger partial charge in [0.2, 0.25) is 0 Å². The molecule has 0 spiro atoms. The van der Waals surface area contributed by atoms with Gasteiger partial charge < -0.3 is 14.6 Å². The summed E-state index contributed by atoms with van der Waals surface area (Å²) in [6.07, 6.45) is 13.0. The number of ketones is 1. The van der Waals surface area contributed by atoms with Crippen molar-refractivity contribution in [3.05, 3.63) is 54.6 Å². The smallest absolute Gasteiger partial charge is 0.303 e. The molecule has 3 rings (SSSR count). The van der Waals surface area contributed by atoms with Crippen molar-refractivity contribution in [1.82, 2.24) is 0 Å². The molecule has 4 atom stereocenters. The predicted octanol–water partition coefficient (Wildman–Crippen LogP) is 4.19. The van der Waals surface area contributed by atoms with Crippen molar-refractivity contribution in [2.24, 2.45) is 11.8 Å². The van der Waals surface area contributed by atoms with Crippen molar-refractivity contribution in [3.63, 3.8) is 0 Å².